The molecule has 7 nitrogen and oxygen atoms in total. The Balaban J connectivity index is 1.49. The Morgan fingerprint density at radius 3 is 2.46 bits per heavy atom. The minimum atomic E-state index is -2.62. The maximum Gasteiger partial charge on any atom is 0.263 e. The molecule has 3 amide bonds. The van der Waals surface area contributed by atoms with E-state index in [-0.39, 0.29) is 34.8 Å². The van der Waals surface area contributed by atoms with E-state index in [0.29, 0.717) is 24.8 Å². The highest BCUT2D eigenvalue weighted by Crippen LogP contribution is 2.63. The van der Waals surface area contributed by atoms with Gasteiger partial charge in [0.15, 0.2) is 11.6 Å². The van der Waals surface area contributed by atoms with Crippen molar-refractivity contribution in [1.82, 2.24) is 9.88 Å². The number of pyridine rings is 1. The van der Waals surface area contributed by atoms with Crippen LogP contribution in [-0.4, -0.2) is 40.2 Å². The van der Waals surface area contributed by atoms with E-state index < -0.39 is 48.0 Å². The molecular weight excluding hydrogens is 485 g/mol. The molecule has 6 rings (SSSR count). The Bertz CT molecular complexity index is 1200. The van der Waals surface area contributed by atoms with Gasteiger partial charge in [-0.2, -0.15) is 0 Å². The maximum atomic E-state index is 14.7. The van der Waals surface area contributed by atoms with E-state index in [4.69, 9.17) is 17.3 Å². The molecule has 35 heavy (non-hydrogen) atoms. The van der Waals surface area contributed by atoms with E-state index in [9.17, 15) is 27.6 Å². The number of hydrogen-bond acceptors (Lipinski definition) is 4. The summed E-state index contributed by atoms with van der Waals surface area (Å²) in [4.78, 5) is 45.5. The lowest BCUT2D eigenvalue weighted by molar-refractivity contribution is -0.146. The molecule has 3 aliphatic carbocycles. The van der Waals surface area contributed by atoms with Crippen molar-refractivity contribution in [2.75, 3.05) is 11.4 Å². The Labute approximate surface area is 204 Å². The smallest absolute Gasteiger partial charge is 0.263 e. The third kappa shape index (κ3) is 3.93. The monoisotopic (exact) mass is 506 g/mol. The highest BCUT2D eigenvalue weighted by atomic mass is 35.5. The van der Waals surface area contributed by atoms with Crippen molar-refractivity contribution in [2.24, 2.45) is 23.0 Å². The normalized spacial score (nSPS) is 28.0. The number of alkyl halides is 2. The number of amides is 3. The van der Waals surface area contributed by atoms with Gasteiger partial charge in [-0.25, -0.2) is 18.2 Å². The number of carbonyl (C=O) groups is 3. The average Bonchev–Trinajstić information content (AvgIpc) is 3.34. The van der Waals surface area contributed by atoms with Gasteiger partial charge in [0, 0.05) is 23.7 Å². The molecule has 3 saturated carbocycles. The van der Waals surface area contributed by atoms with Crippen LogP contribution in [0.3, 0.4) is 0 Å². The third-order valence-corrected chi connectivity index (χ3v) is 7.77. The van der Waals surface area contributed by atoms with Crippen LogP contribution in [0.5, 0.6) is 0 Å². The Morgan fingerprint density at radius 1 is 1.20 bits per heavy atom. The molecule has 2 heterocycles. The maximum absolute atomic E-state index is 14.7. The van der Waals surface area contributed by atoms with E-state index in [1.165, 1.54) is 35.4 Å². The van der Waals surface area contributed by atoms with Gasteiger partial charge >= 0.3 is 0 Å². The van der Waals surface area contributed by atoms with E-state index in [0.717, 1.165) is 11.0 Å². The molecule has 2 N–H and O–H groups in total. The van der Waals surface area contributed by atoms with E-state index in [1.807, 2.05) is 0 Å². The van der Waals surface area contributed by atoms with Crippen molar-refractivity contribution < 1.29 is 27.6 Å². The Hall–Kier alpha value is -3.14. The van der Waals surface area contributed by atoms with Gasteiger partial charge < -0.3 is 10.6 Å². The second-order valence-electron chi connectivity index (χ2n) is 9.57. The first kappa shape index (κ1) is 23.6. The van der Waals surface area contributed by atoms with Crippen LogP contribution >= 0.6 is 11.6 Å². The first-order chi connectivity index (χ1) is 16.6. The van der Waals surface area contributed by atoms with Gasteiger partial charge in [-0.05, 0) is 42.7 Å². The molecule has 1 aliphatic heterocycles. The molecule has 0 spiro atoms. The number of carbonyl (C=O) groups excluding carboxylic acids is 3. The molecule has 4 aliphatic rings. The molecule has 2 aromatic rings. The number of fused-ring (bicyclic) bond motifs is 1. The minimum Gasteiger partial charge on any atom is -0.369 e. The topological polar surface area (TPSA) is 96.6 Å². The fourth-order valence-corrected chi connectivity index (χ4v) is 5.95. The van der Waals surface area contributed by atoms with E-state index >= 15 is 0 Å². The van der Waals surface area contributed by atoms with Crippen LogP contribution in [0.2, 0.25) is 5.02 Å². The number of primary amides is 1. The second-order valence-corrected chi connectivity index (χ2v) is 10.0. The number of nitrogens with two attached hydrogens (primary N) is 1. The summed E-state index contributed by atoms with van der Waals surface area (Å²) in [5.74, 6) is -2.86. The van der Waals surface area contributed by atoms with Gasteiger partial charge in [0.1, 0.15) is 12.6 Å². The molecule has 11 heteroatoms. The lowest BCUT2D eigenvalue weighted by Crippen LogP contribution is -2.62. The van der Waals surface area contributed by atoms with Crippen molar-refractivity contribution in [3.05, 3.63) is 58.5 Å². The van der Waals surface area contributed by atoms with Crippen LogP contribution in [0, 0.1) is 23.1 Å². The van der Waals surface area contributed by atoms with Crippen LogP contribution in [0.15, 0.2) is 36.5 Å². The zero-order chi connectivity index (χ0) is 25.1. The van der Waals surface area contributed by atoms with E-state index in [1.54, 1.807) is 0 Å². The Morgan fingerprint density at radius 2 is 1.89 bits per heavy atom. The number of hydrogen-bond donors (Lipinski definition) is 1. The van der Waals surface area contributed by atoms with Crippen LogP contribution in [0.25, 0.3) is 0 Å². The molecule has 4 fully saturated rings. The summed E-state index contributed by atoms with van der Waals surface area (Å²) in [6.07, 6.45) is -0.00835. The van der Waals surface area contributed by atoms with Gasteiger partial charge in [0.05, 0.1) is 5.02 Å². The SMILES string of the molecule is NC(=O)C12CC(C1)C(C1C(=O)N(c3ncc(Cl)cc3F)CC(=O)N1Cc1ccc(C(F)F)cc1)C2. The van der Waals surface area contributed by atoms with Gasteiger partial charge in [0.25, 0.3) is 12.3 Å². The zero-order valence-corrected chi connectivity index (χ0v) is 19.2. The predicted molar refractivity (Wildman–Crippen MR) is 120 cm³/mol. The highest BCUT2D eigenvalue weighted by Gasteiger charge is 2.63. The molecule has 0 radical (unpaired) electrons. The van der Waals surface area contributed by atoms with Crippen LogP contribution < -0.4 is 10.6 Å². The molecule has 2 bridgehead atoms. The number of nitrogens with zero attached hydrogens (tertiary/aromatic N) is 3. The van der Waals surface area contributed by atoms with Crippen molar-refractivity contribution in [3.63, 3.8) is 0 Å². The predicted octanol–water partition coefficient (Wildman–Crippen LogP) is 3.46. The average molecular weight is 507 g/mol. The molecule has 1 saturated heterocycles. The first-order valence-electron chi connectivity index (χ1n) is 11.2. The summed E-state index contributed by atoms with van der Waals surface area (Å²) in [5.41, 5.74) is 5.34. The largest absolute Gasteiger partial charge is 0.369 e. The highest BCUT2D eigenvalue weighted by molar-refractivity contribution is 6.30. The Kier molecular flexibility index (Phi) is 5.74. The number of anilines is 1. The minimum absolute atomic E-state index is 0.00984. The summed E-state index contributed by atoms with van der Waals surface area (Å²) in [6.45, 7) is -0.426. The standard InChI is InChI=1S/C24H22ClF3N4O3/c25-15-5-17(26)21(30-9-15)32-11-18(33)31(10-12-1-3-13(4-2-12)20(27)28)19(22(32)34)16-8-24(23(29)35)6-14(16)7-24/h1-5,9,14,16,19-20H,6-8,10-11H2,(H2,29,35). The number of halogens is 4. The summed E-state index contributed by atoms with van der Waals surface area (Å²) in [6, 6.07) is 5.57. The first-order valence-corrected chi connectivity index (χ1v) is 11.6. The van der Waals surface area contributed by atoms with Crippen molar-refractivity contribution in [2.45, 2.75) is 38.3 Å². The fourth-order valence-electron chi connectivity index (χ4n) is 5.81. The number of rotatable bonds is 6. The lowest BCUT2D eigenvalue weighted by atomic mass is 9.68. The van der Waals surface area contributed by atoms with Crippen LogP contribution in [0.1, 0.15) is 36.8 Å². The zero-order valence-electron chi connectivity index (χ0n) is 18.5. The van der Waals surface area contributed by atoms with Crippen LogP contribution in [0.4, 0.5) is 19.0 Å². The fraction of sp³-hybridized carbons (Fsp3) is 0.417. The third-order valence-electron chi connectivity index (χ3n) is 7.56. The summed E-state index contributed by atoms with van der Waals surface area (Å²) in [7, 11) is 0. The molecular formula is C24H22ClF3N4O3. The van der Waals surface area contributed by atoms with E-state index in [2.05, 4.69) is 4.98 Å². The summed E-state index contributed by atoms with van der Waals surface area (Å²) >= 11 is 5.80. The van der Waals surface area contributed by atoms with Gasteiger partial charge in [-0.3, -0.25) is 19.3 Å². The summed E-state index contributed by atoms with van der Waals surface area (Å²) in [5, 5.41) is 0.0486. The lowest BCUT2D eigenvalue weighted by Gasteiger charge is -2.43. The molecule has 2 unspecified atom stereocenters. The summed E-state index contributed by atoms with van der Waals surface area (Å²) < 4.78 is 40.6. The molecule has 184 valence electrons. The van der Waals surface area contributed by atoms with Gasteiger partial charge in [0.2, 0.25) is 11.8 Å². The van der Waals surface area contributed by atoms with Crippen LogP contribution in [-0.2, 0) is 20.9 Å². The van der Waals surface area contributed by atoms with Crippen molar-refractivity contribution in [3.8, 4) is 0 Å². The van der Waals surface area contributed by atoms with Gasteiger partial charge in [-0.1, -0.05) is 35.9 Å². The van der Waals surface area contributed by atoms with Crippen molar-refractivity contribution >= 4 is 35.1 Å². The molecule has 2 atom stereocenters. The number of aromatic nitrogens is 1. The quantitative estimate of drug-likeness (QED) is 0.649. The number of benzene rings is 1. The second kappa shape index (κ2) is 8.51. The van der Waals surface area contributed by atoms with Crippen molar-refractivity contribution in [1.29, 1.82) is 0 Å². The van der Waals surface area contributed by atoms with Gasteiger partial charge in [-0.15, -0.1) is 0 Å². The number of piperazine rings is 1. The molecule has 1 aromatic heterocycles. The molecule has 1 aromatic carbocycles.